The van der Waals surface area contributed by atoms with Gasteiger partial charge < -0.3 is 9.84 Å². The number of hydrogen-bond acceptors (Lipinski definition) is 5. The zero-order chi connectivity index (χ0) is 15.9. The molecule has 0 radical (unpaired) electrons. The summed E-state index contributed by atoms with van der Waals surface area (Å²) < 4.78 is 6.35. The van der Waals surface area contributed by atoms with Gasteiger partial charge in [0.1, 0.15) is 11.3 Å². The molecule has 6 heteroatoms. The molecule has 0 saturated carbocycles. The third kappa shape index (κ3) is 2.00. The van der Waals surface area contributed by atoms with Crippen LogP contribution in [0.5, 0.6) is 0 Å². The number of aliphatic hydroxyl groups excluding tert-OH is 1. The smallest absolute Gasteiger partial charge is 0.341 e. The molecule has 0 aliphatic carbocycles. The molecule has 0 amide bonds. The first-order valence-corrected chi connectivity index (χ1v) is 6.85. The van der Waals surface area contributed by atoms with Gasteiger partial charge in [-0.25, -0.2) is 9.78 Å². The summed E-state index contributed by atoms with van der Waals surface area (Å²) in [5.41, 5.74) is 1.14. The van der Waals surface area contributed by atoms with Crippen LogP contribution in [0.2, 0.25) is 0 Å². The molecule has 0 aliphatic rings. The number of aliphatic hydroxyl groups is 1. The predicted octanol–water partition coefficient (Wildman–Crippen LogP) is 1.43. The second-order valence-electron chi connectivity index (χ2n) is 4.84. The molecule has 0 spiro atoms. The van der Waals surface area contributed by atoms with Crippen molar-refractivity contribution in [2.45, 2.75) is 13.8 Å². The number of imidazole rings is 1. The molecule has 22 heavy (non-hydrogen) atoms. The van der Waals surface area contributed by atoms with Crippen LogP contribution in [0.1, 0.15) is 24.2 Å². The first-order valence-electron chi connectivity index (χ1n) is 6.85. The van der Waals surface area contributed by atoms with Crippen molar-refractivity contribution in [1.29, 1.82) is 0 Å². The zero-order valence-corrected chi connectivity index (χ0v) is 12.2. The summed E-state index contributed by atoms with van der Waals surface area (Å²) in [4.78, 5) is 29.1. The van der Waals surface area contributed by atoms with Gasteiger partial charge in [-0.15, -0.1) is 0 Å². The van der Waals surface area contributed by atoms with Gasteiger partial charge in [-0.3, -0.25) is 9.20 Å². The summed E-state index contributed by atoms with van der Waals surface area (Å²) in [6.07, 6.45) is 0. The lowest BCUT2D eigenvalue weighted by Crippen LogP contribution is -2.33. The number of hydrogen-bond donors (Lipinski definition) is 1. The Morgan fingerprint density at radius 2 is 2.09 bits per heavy atom. The first-order chi connectivity index (χ1) is 10.5. The van der Waals surface area contributed by atoms with Crippen LogP contribution in [0.3, 0.4) is 0 Å². The summed E-state index contributed by atoms with van der Waals surface area (Å²) in [6.45, 7) is 3.31. The Kier molecular flexibility index (Phi) is 3.29. The number of rotatable bonds is 2. The highest BCUT2D eigenvalue weighted by molar-refractivity contribution is 5.98. The Morgan fingerprint density at radius 1 is 1.36 bits per heavy atom. The van der Waals surface area contributed by atoms with Gasteiger partial charge in [-0.1, -0.05) is 12.1 Å². The lowest BCUT2D eigenvalue weighted by atomic mass is 10.2. The van der Waals surface area contributed by atoms with E-state index in [4.69, 9.17) is 4.74 Å². The fourth-order valence-electron chi connectivity index (χ4n) is 2.42. The number of carbonyl (C=O) groups excluding carboxylic acids is 1. The molecule has 0 atom stereocenters. The molecule has 112 valence electrons. The van der Waals surface area contributed by atoms with E-state index in [1.807, 2.05) is 0 Å². The summed E-state index contributed by atoms with van der Waals surface area (Å²) in [6, 6.07) is 8.40. The third-order valence-corrected chi connectivity index (χ3v) is 3.41. The summed E-state index contributed by atoms with van der Waals surface area (Å²) in [7, 11) is 0. The Bertz CT molecular complexity index is 1000. The second-order valence-corrected chi connectivity index (χ2v) is 4.84. The lowest BCUT2D eigenvalue weighted by molar-refractivity contribution is 0.0528. The van der Waals surface area contributed by atoms with Gasteiger partial charge in [0.2, 0.25) is 0 Å². The molecule has 0 fully saturated rings. The maximum Gasteiger partial charge on any atom is 0.341 e. The predicted molar refractivity (Wildman–Crippen MR) is 81.9 cm³/mol. The number of carbonyl (C=O) groups is 1. The monoisotopic (exact) mass is 298 g/mol. The Labute approximate surface area is 125 Å². The van der Waals surface area contributed by atoms with E-state index in [-0.39, 0.29) is 28.8 Å². The highest BCUT2D eigenvalue weighted by atomic mass is 16.5. The fourth-order valence-corrected chi connectivity index (χ4v) is 2.42. The van der Waals surface area contributed by atoms with Gasteiger partial charge in [0.05, 0.1) is 22.9 Å². The maximum atomic E-state index is 12.6. The molecule has 2 heterocycles. The zero-order valence-electron chi connectivity index (χ0n) is 12.2. The normalized spacial score (nSPS) is 12.6. The number of esters is 1. The van der Waals surface area contributed by atoms with Crippen molar-refractivity contribution in [2.24, 2.45) is 0 Å². The van der Waals surface area contributed by atoms with Gasteiger partial charge in [0.15, 0.2) is 5.65 Å². The van der Waals surface area contributed by atoms with E-state index in [0.717, 1.165) is 0 Å². The highest BCUT2D eigenvalue weighted by Crippen LogP contribution is 2.17. The van der Waals surface area contributed by atoms with Crippen LogP contribution in [-0.2, 0) is 4.74 Å². The topological polar surface area (TPSA) is 80.9 Å². The van der Waals surface area contributed by atoms with Gasteiger partial charge >= 0.3 is 5.97 Å². The van der Waals surface area contributed by atoms with Crippen LogP contribution in [0, 0.1) is 0 Å². The highest BCUT2D eigenvalue weighted by Gasteiger charge is 2.19. The minimum absolute atomic E-state index is 0.0544. The largest absolute Gasteiger partial charge is 0.512 e. The van der Waals surface area contributed by atoms with E-state index in [1.54, 1.807) is 31.2 Å². The van der Waals surface area contributed by atoms with E-state index < -0.39 is 11.5 Å². The minimum atomic E-state index is -0.578. The SMILES string of the molecule is CCOC(=O)c1cc(=C(C)O)c(=O)n2c1nc1ccccc12. The molecule has 3 aromatic rings. The van der Waals surface area contributed by atoms with E-state index >= 15 is 0 Å². The van der Waals surface area contributed by atoms with E-state index in [1.165, 1.54) is 17.4 Å². The minimum Gasteiger partial charge on any atom is -0.512 e. The molecule has 1 N–H and O–H groups in total. The first kappa shape index (κ1) is 14.1. The van der Waals surface area contributed by atoms with Crippen LogP contribution in [-0.4, -0.2) is 27.1 Å². The van der Waals surface area contributed by atoms with Crippen LogP contribution < -0.4 is 10.8 Å². The Morgan fingerprint density at radius 3 is 2.77 bits per heavy atom. The molecule has 0 unspecified atom stereocenters. The molecule has 0 saturated heterocycles. The van der Waals surface area contributed by atoms with Crippen molar-refractivity contribution in [3.05, 3.63) is 51.5 Å². The van der Waals surface area contributed by atoms with Crippen LogP contribution in [0.15, 0.2) is 35.1 Å². The van der Waals surface area contributed by atoms with Crippen molar-refractivity contribution in [2.75, 3.05) is 6.61 Å². The molecule has 2 aromatic heterocycles. The molecule has 0 bridgehead atoms. The number of ether oxygens (including phenoxy) is 1. The van der Waals surface area contributed by atoms with Crippen LogP contribution in [0.25, 0.3) is 22.4 Å². The number of nitrogens with zero attached hydrogens (tertiary/aromatic N) is 2. The van der Waals surface area contributed by atoms with Gasteiger partial charge in [0.25, 0.3) is 5.56 Å². The van der Waals surface area contributed by atoms with Crippen molar-refractivity contribution < 1.29 is 14.6 Å². The van der Waals surface area contributed by atoms with Gasteiger partial charge in [-0.2, -0.15) is 0 Å². The summed E-state index contributed by atoms with van der Waals surface area (Å²) in [5.74, 6) is -0.736. The average molecular weight is 298 g/mol. The lowest BCUT2D eigenvalue weighted by Gasteiger charge is -2.04. The Balaban J connectivity index is 2.56. The summed E-state index contributed by atoms with van der Waals surface area (Å²) >= 11 is 0. The molecule has 0 aliphatic heterocycles. The van der Waals surface area contributed by atoms with Crippen molar-refractivity contribution >= 4 is 28.4 Å². The third-order valence-electron chi connectivity index (χ3n) is 3.41. The summed E-state index contributed by atoms with van der Waals surface area (Å²) in [5, 5.41) is 9.79. The number of para-hydroxylation sites is 2. The average Bonchev–Trinajstić information content (AvgIpc) is 2.87. The molecule has 3 rings (SSSR count). The van der Waals surface area contributed by atoms with Crippen molar-refractivity contribution in [3.63, 3.8) is 0 Å². The molecular formula is C16H14N2O4. The number of aromatic nitrogens is 2. The number of fused-ring (bicyclic) bond motifs is 3. The molecule has 6 nitrogen and oxygen atoms in total. The quantitative estimate of drug-likeness (QED) is 0.724. The molecular weight excluding hydrogens is 284 g/mol. The number of pyridine rings is 1. The fraction of sp³-hybridized carbons (Fsp3) is 0.188. The van der Waals surface area contributed by atoms with Crippen molar-refractivity contribution in [1.82, 2.24) is 9.38 Å². The van der Waals surface area contributed by atoms with Crippen LogP contribution in [0.4, 0.5) is 0 Å². The number of benzene rings is 1. The molecule has 1 aromatic carbocycles. The van der Waals surface area contributed by atoms with E-state index in [2.05, 4.69) is 4.98 Å². The van der Waals surface area contributed by atoms with E-state index in [0.29, 0.717) is 11.0 Å². The second kappa shape index (κ2) is 5.14. The van der Waals surface area contributed by atoms with Crippen molar-refractivity contribution in [3.8, 4) is 0 Å². The maximum absolute atomic E-state index is 12.6. The van der Waals surface area contributed by atoms with Crippen LogP contribution >= 0.6 is 0 Å². The van der Waals surface area contributed by atoms with E-state index in [9.17, 15) is 14.7 Å². The standard InChI is InChI=1S/C16H14N2O4/c1-3-22-16(21)11-8-10(9(2)19)15(20)18-13-7-5-4-6-12(13)17-14(11)18/h4-8,19H,3H2,1-2H3. The van der Waals surface area contributed by atoms with Gasteiger partial charge in [-0.05, 0) is 32.0 Å². The Hall–Kier alpha value is -2.89. The van der Waals surface area contributed by atoms with Gasteiger partial charge in [0, 0.05) is 0 Å².